The third-order valence-corrected chi connectivity index (χ3v) is 6.35. The molecule has 0 saturated heterocycles. The first-order valence-electron chi connectivity index (χ1n) is 12.8. The van der Waals surface area contributed by atoms with E-state index in [1.807, 2.05) is 97.0 Å². The molecule has 0 aliphatic carbocycles. The summed E-state index contributed by atoms with van der Waals surface area (Å²) in [5, 5.41) is 1.63. The Labute approximate surface area is 230 Å². The van der Waals surface area contributed by atoms with Crippen molar-refractivity contribution in [1.29, 1.82) is 0 Å². The highest BCUT2D eigenvalue weighted by Crippen LogP contribution is 2.41. The van der Waals surface area contributed by atoms with Gasteiger partial charge in [0, 0.05) is 16.6 Å². The lowest BCUT2D eigenvalue weighted by Crippen LogP contribution is -2.30. The Morgan fingerprint density at radius 2 is 1.66 bits per heavy atom. The number of aromatic nitrogens is 2. The molecular formula is C32H35ClN2O3. The Hall–Kier alpha value is -3.28. The summed E-state index contributed by atoms with van der Waals surface area (Å²) in [4.78, 5) is 22.2. The molecule has 0 bridgehead atoms. The Morgan fingerprint density at radius 1 is 0.947 bits per heavy atom. The predicted molar refractivity (Wildman–Crippen MR) is 154 cm³/mol. The fourth-order valence-corrected chi connectivity index (χ4v) is 4.52. The van der Waals surface area contributed by atoms with Crippen LogP contribution in [0, 0.1) is 12.3 Å². The van der Waals surface area contributed by atoms with E-state index >= 15 is 0 Å². The lowest BCUT2D eigenvalue weighted by molar-refractivity contribution is -0.162. The second kappa shape index (κ2) is 10.8. The van der Waals surface area contributed by atoms with Gasteiger partial charge in [0.05, 0.1) is 27.9 Å². The van der Waals surface area contributed by atoms with Crippen molar-refractivity contribution in [3.05, 3.63) is 83.0 Å². The Morgan fingerprint density at radius 3 is 2.26 bits per heavy atom. The van der Waals surface area contributed by atoms with Crippen LogP contribution in [0.2, 0.25) is 5.02 Å². The van der Waals surface area contributed by atoms with E-state index < -0.39 is 17.1 Å². The SMILES string of the molecule is Cc1cc2nc(-c3ccccn3)ccc2c(-c2ccc(Cl)cc2)c1C(COC(=O)C(C)(C)C)OC(C)(C)C. The molecular weight excluding hydrogens is 496 g/mol. The average molecular weight is 531 g/mol. The van der Waals surface area contributed by atoms with E-state index in [1.165, 1.54) is 0 Å². The molecule has 198 valence electrons. The molecule has 38 heavy (non-hydrogen) atoms. The second-order valence-electron chi connectivity index (χ2n) is 11.5. The summed E-state index contributed by atoms with van der Waals surface area (Å²) in [6, 6.07) is 19.7. The van der Waals surface area contributed by atoms with Gasteiger partial charge in [-0.2, -0.15) is 0 Å². The Kier molecular flexibility index (Phi) is 7.91. The van der Waals surface area contributed by atoms with Gasteiger partial charge in [-0.15, -0.1) is 0 Å². The molecule has 0 N–H and O–H groups in total. The molecule has 1 atom stereocenters. The van der Waals surface area contributed by atoms with Crippen LogP contribution in [0.1, 0.15) is 58.8 Å². The second-order valence-corrected chi connectivity index (χ2v) is 12.0. The summed E-state index contributed by atoms with van der Waals surface area (Å²) in [5.74, 6) is -0.270. The van der Waals surface area contributed by atoms with Crippen LogP contribution in [-0.4, -0.2) is 28.1 Å². The monoisotopic (exact) mass is 530 g/mol. The van der Waals surface area contributed by atoms with Crippen molar-refractivity contribution in [2.75, 3.05) is 6.61 Å². The lowest BCUT2D eigenvalue weighted by Gasteiger charge is -2.31. The summed E-state index contributed by atoms with van der Waals surface area (Å²) in [5.41, 5.74) is 5.29. The zero-order valence-corrected chi connectivity index (χ0v) is 23.9. The molecule has 0 spiro atoms. The van der Waals surface area contributed by atoms with E-state index in [0.29, 0.717) is 5.02 Å². The van der Waals surface area contributed by atoms with Crippen LogP contribution in [0.15, 0.2) is 66.9 Å². The smallest absolute Gasteiger partial charge is 0.311 e. The number of nitrogens with zero attached hydrogens (tertiary/aromatic N) is 2. The summed E-state index contributed by atoms with van der Waals surface area (Å²) in [6.07, 6.45) is 1.27. The van der Waals surface area contributed by atoms with Crippen molar-refractivity contribution >= 4 is 28.5 Å². The number of benzene rings is 2. The summed E-state index contributed by atoms with van der Waals surface area (Å²) >= 11 is 6.25. The molecule has 6 heteroatoms. The van der Waals surface area contributed by atoms with Gasteiger partial charge in [-0.05, 0) is 113 Å². The van der Waals surface area contributed by atoms with E-state index in [1.54, 1.807) is 6.20 Å². The highest BCUT2D eigenvalue weighted by molar-refractivity contribution is 6.30. The minimum absolute atomic E-state index is 0.0970. The van der Waals surface area contributed by atoms with E-state index in [-0.39, 0.29) is 12.6 Å². The van der Waals surface area contributed by atoms with E-state index in [4.69, 9.17) is 26.1 Å². The van der Waals surface area contributed by atoms with Crippen molar-refractivity contribution in [2.45, 2.75) is 60.2 Å². The van der Waals surface area contributed by atoms with Crippen LogP contribution >= 0.6 is 11.6 Å². The number of pyridine rings is 2. The van der Waals surface area contributed by atoms with Gasteiger partial charge in [-0.25, -0.2) is 4.98 Å². The van der Waals surface area contributed by atoms with Gasteiger partial charge in [0.25, 0.3) is 0 Å². The molecule has 0 fully saturated rings. The number of ether oxygens (including phenoxy) is 2. The number of aryl methyl sites for hydroxylation is 1. The summed E-state index contributed by atoms with van der Waals surface area (Å²) < 4.78 is 12.4. The molecule has 2 heterocycles. The molecule has 0 aliphatic heterocycles. The largest absolute Gasteiger partial charge is 0.462 e. The normalized spacial score (nSPS) is 12.9. The topological polar surface area (TPSA) is 61.3 Å². The molecule has 0 radical (unpaired) electrons. The number of carbonyl (C=O) groups excluding carboxylic acids is 1. The van der Waals surface area contributed by atoms with Crippen LogP contribution in [0.4, 0.5) is 0 Å². The number of carbonyl (C=O) groups is 1. The van der Waals surface area contributed by atoms with Gasteiger partial charge in [0.1, 0.15) is 12.7 Å². The molecule has 2 aromatic heterocycles. The van der Waals surface area contributed by atoms with E-state index in [2.05, 4.69) is 17.1 Å². The van der Waals surface area contributed by atoms with Gasteiger partial charge < -0.3 is 9.47 Å². The molecule has 4 rings (SSSR count). The van der Waals surface area contributed by atoms with Crippen LogP contribution < -0.4 is 0 Å². The van der Waals surface area contributed by atoms with Gasteiger partial charge in [-0.1, -0.05) is 29.8 Å². The first-order chi connectivity index (χ1) is 17.8. The molecule has 1 unspecified atom stereocenters. The number of halogens is 1. The first-order valence-corrected chi connectivity index (χ1v) is 13.2. The standard InChI is InChI=1S/C32H35ClN2O3/c1-20-18-26-23(15-16-25(35-26)24-10-8-9-17-34-24)29(21-11-13-22(33)14-12-21)28(20)27(38-32(5,6)7)19-37-30(36)31(2,3)4/h8-18,27H,19H2,1-7H3. The molecule has 0 amide bonds. The maximum Gasteiger partial charge on any atom is 0.311 e. The van der Waals surface area contributed by atoms with Gasteiger partial charge in [-0.3, -0.25) is 9.78 Å². The van der Waals surface area contributed by atoms with Crippen molar-refractivity contribution in [3.63, 3.8) is 0 Å². The first kappa shape index (κ1) is 27.7. The molecule has 4 aromatic rings. The van der Waals surface area contributed by atoms with E-state index in [9.17, 15) is 4.79 Å². The Balaban J connectivity index is 1.93. The minimum atomic E-state index is -0.616. The maximum absolute atomic E-state index is 12.7. The highest BCUT2D eigenvalue weighted by atomic mass is 35.5. The number of hydrogen-bond acceptors (Lipinski definition) is 5. The highest BCUT2D eigenvalue weighted by Gasteiger charge is 2.30. The zero-order chi connectivity index (χ0) is 27.7. The van der Waals surface area contributed by atoms with Crippen LogP contribution in [0.25, 0.3) is 33.4 Å². The summed E-state index contributed by atoms with van der Waals surface area (Å²) in [6.45, 7) is 13.7. The third kappa shape index (κ3) is 6.40. The van der Waals surface area contributed by atoms with Gasteiger partial charge in [0.2, 0.25) is 0 Å². The van der Waals surface area contributed by atoms with Crippen molar-refractivity contribution < 1.29 is 14.3 Å². The van der Waals surface area contributed by atoms with Crippen molar-refractivity contribution in [2.24, 2.45) is 5.41 Å². The quantitative estimate of drug-likeness (QED) is 0.234. The summed E-state index contributed by atoms with van der Waals surface area (Å²) in [7, 11) is 0. The number of fused-ring (bicyclic) bond motifs is 1. The fraction of sp³-hybridized carbons (Fsp3) is 0.344. The lowest BCUT2D eigenvalue weighted by atomic mass is 9.88. The van der Waals surface area contributed by atoms with Crippen LogP contribution in [-0.2, 0) is 14.3 Å². The predicted octanol–water partition coefficient (Wildman–Crippen LogP) is 8.37. The van der Waals surface area contributed by atoms with E-state index in [0.717, 1.165) is 44.5 Å². The Bertz CT molecular complexity index is 1440. The van der Waals surface area contributed by atoms with Crippen molar-refractivity contribution in [3.8, 4) is 22.5 Å². The molecule has 0 aliphatic rings. The average Bonchev–Trinajstić information content (AvgIpc) is 2.85. The maximum atomic E-state index is 12.7. The zero-order valence-electron chi connectivity index (χ0n) is 23.1. The van der Waals surface area contributed by atoms with Gasteiger partial charge >= 0.3 is 5.97 Å². The fourth-order valence-electron chi connectivity index (χ4n) is 4.39. The number of hydrogen-bond donors (Lipinski definition) is 0. The molecule has 2 aromatic carbocycles. The van der Waals surface area contributed by atoms with Crippen molar-refractivity contribution in [1.82, 2.24) is 9.97 Å². The van der Waals surface area contributed by atoms with Crippen LogP contribution in [0.3, 0.4) is 0 Å². The van der Waals surface area contributed by atoms with Gasteiger partial charge in [0.15, 0.2) is 0 Å². The minimum Gasteiger partial charge on any atom is -0.462 e. The third-order valence-electron chi connectivity index (χ3n) is 6.10. The van der Waals surface area contributed by atoms with Crippen LogP contribution in [0.5, 0.6) is 0 Å². The number of esters is 1. The molecule has 5 nitrogen and oxygen atoms in total. The number of rotatable bonds is 6. The molecule has 0 saturated carbocycles.